The van der Waals surface area contributed by atoms with Gasteiger partial charge >= 0.3 is 0 Å². The minimum atomic E-state index is 0.501. The molecule has 0 saturated carbocycles. The first-order valence-corrected chi connectivity index (χ1v) is 30.6. The van der Waals surface area contributed by atoms with Gasteiger partial charge in [-0.1, -0.05) is 72.8 Å². The molecule has 6 aromatic heterocycles. The number of hydrogen-bond donors (Lipinski definition) is 4. The molecule has 10 heterocycles. The zero-order chi connectivity index (χ0) is 65.0. The maximum Gasteiger partial charge on any atom is 0.0991 e. The van der Waals surface area contributed by atoms with Gasteiger partial charge in [-0.3, -0.25) is 0 Å². The van der Waals surface area contributed by atoms with Gasteiger partial charge in [-0.15, -0.1) is 0 Å². The molecule has 0 radical (unpaired) electrons. The van der Waals surface area contributed by atoms with Crippen molar-refractivity contribution in [2.45, 2.75) is 0 Å². The average molecular weight is 1230 g/mol. The van der Waals surface area contributed by atoms with Gasteiger partial charge in [-0.05, 0) is 203 Å². The van der Waals surface area contributed by atoms with Crippen molar-refractivity contribution in [2.75, 3.05) is 0 Å². The summed E-state index contributed by atoms with van der Waals surface area (Å²) in [5.74, 6) is 0. The minimum absolute atomic E-state index is 0.501. The maximum atomic E-state index is 10.0. The molecular weight excluding hydrogens is 1180 g/mol. The number of hydrogen-bond acceptors (Lipinski definition) is 10. The van der Waals surface area contributed by atoms with Crippen LogP contribution in [-0.4, -0.2) is 39.9 Å². The minimum Gasteiger partial charge on any atom is -0.354 e. The number of aromatic nitrogens is 8. The van der Waals surface area contributed by atoms with Crippen LogP contribution in [0.15, 0.2) is 194 Å². The molecule has 0 amide bonds. The summed E-state index contributed by atoms with van der Waals surface area (Å²) in [6, 6.07) is 74.6. The average Bonchev–Trinajstić information content (AvgIpc) is 1.60. The second-order valence-electron chi connectivity index (χ2n) is 23.1. The van der Waals surface area contributed by atoms with E-state index in [1.165, 1.54) is 0 Å². The zero-order valence-electron chi connectivity index (χ0n) is 50.6. The van der Waals surface area contributed by atoms with Crippen LogP contribution in [0.5, 0.6) is 0 Å². The van der Waals surface area contributed by atoms with Gasteiger partial charge in [0.1, 0.15) is 0 Å². The molecule has 4 N–H and O–H groups in total. The Balaban J connectivity index is 1.08. The lowest BCUT2D eigenvalue weighted by atomic mass is 10.0. The lowest BCUT2D eigenvalue weighted by molar-refractivity contribution is 1.29. The van der Waals surface area contributed by atoms with E-state index in [9.17, 15) is 31.6 Å². The summed E-state index contributed by atoms with van der Waals surface area (Å²) in [6.45, 7) is 0. The van der Waals surface area contributed by atoms with Crippen molar-refractivity contribution in [2.24, 2.45) is 0 Å². The van der Waals surface area contributed by atoms with E-state index in [1.54, 1.807) is 72.8 Å². The van der Waals surface area contributed by atoms with E-state index < -0.39 is 0 Å². The van der Waals surface area contributed by atoms with Crippen LogP contribution in [0.2, 0.25) is 0 Å². The number of nitrogens with one attached hydrogen (secondary N) is 4. The quantitative estimate of drug-likeness (QED) is 0.117. The highest BCUT2D eigenvalue weighted by Gasteiger charge is 2.25. The molecule has 14 heteroatoms. The number of nitrogens with zero attached hydrogens (tertiary/aromatic N) is 10. The molecule has 4 aliphatic rings. The third-order valence-corrected chi connectivity index (χ3v) is 17.6. The summed E-state index contributed by atoms with van der Waals surface area (Å²) in [5.41, 5.74) is 24.7. The molecule has 0 atom stereocenters. The molecule has 6 aromatic carbocycles. The van der Waals surface area contributed by atoms with E-state index in [4.69, 9.17) is 19.9 Å². The van der Waals surface area contributed by atoms with Crippen molar-refractivity contribution in [1.29, 1.82) is 31.6 Å². The molecule has 4 aliphatic heterocycles. The van der Waals surface area contributed by atoms with Crippen LogP contribution in [0, 0.1) is 68.0 Å². The van der Waals surface area contributed by atoms with Crippen molar-refractivity contribution >= 4 is 92.7 Å². The highest BCUT2D eigenvalue weighted by molar-refractivity contribution is 6.06. The van der Waals surface area contributed by atoms with Crippen LogP contribution in [0.3, 0.4) is 0 Å². The summed E-state index contributed by atoms with van der Waals surface area (Å²) in [5, 5.41) is 59.9. The second-order valence-corrected chi connectivity index (χ2v) is 23.1. The van der Waals surface area contributed by atoms with Crippen LogP contribution in [-0.2, 0) is 0 Å². The first-order chi connectivity index (χ1) is 47.2. The highest BCUT2D eigenvalue weighted by atomic mass is 14.8. The SMILES string of the molecule is N#Cc1ccc(-c2c3nc(c(-c4ccc(C#N)cc4)c4ccc([nH]4)c(-c4c5nc(c(-c6ccc(C#N)cc6)c6ccc([nH]6)c(-c6ccc(C#N)cc6)c6nc(c(-c7ccc(C#N)cc7)c7ccc4[nH]7)C=C6)C=C5)c4nc(c(-c5ccc(C#N)cc5)c5ccc2[nH]5)C=C4)C=C3)cc1. The molecule has 0 spiro atoms. The Morgan fingerprint density at radius 1 is 0.177 bits per heavy atom. The summed E-state index contributed by atoms with van der Waals surface area (Å²) in [6.07, 6.45) is 16.0. The molecule has 12 aromatic rings. The predicted molar refractivity (Wildman–Crippen MR) is 378 cm³/mol. The first-order valence-electron chi connectivity index (χ1n) is 30.6. The molecule has 16 rings (SSSR count). The molecule has 442 valence electrons. The molecule has 16 bridgehead atoms. The van der Waals surface area contributed by atoms with Gasteiger partial charge in [-0.2, -0.15) is 31.6 Å². The Morgan fingerprint density at radius 3 is 0.458 bits per heavy atom. The molecule has 0 unspecified atom stereocenters. The van der Waals surface area contributed by atoms with Gasteiger partial charge in [0.25, 0.3) is 0 Å². The Bertz CT molecular complexity index is 5600. The fraction of sp³-hybridized carbons (Fsp3) is 0. The molecule has 0 fully saturated rings. The Labute approximate surface area is 548 Å². The van der Waals surface area contributed by atoms with E-state index in [2.05, 4.69) is 56.4 Å². The zero-order valence-corrected chi connectivity index (χ0v) is 50.6. The summed E-state index contributed by atoms with van der Waals surface area (Å²) in [4.78, 5) is 37.7. The number of aromatic amines is 4. The van der Waals surface area contributed by atoms with Gasteiger partial charge in [-0.25, -0.2) is 19.9 Å². The smallest absolute Gasteiger partial charge is 0.0991 e. The number of fused-ring (bicyclic) bond motifs is 16. The Kier molecular flexibility index (Phi) is 13.8. The topological polar surface area (TPSA) is 257 Å². The monoisotopic (exact) mass is 1220 g/mol. The summed E-state index contributed by atoms with van der Waals surface area (Å²) < 4.78 is 0. The lowest BCUT2D eigenvalue weighted by Gasteiger charge is -2.09. The summed E-state index contributed by atoms with van der Waals surface area (Å²) in [7, 11) is 0. The second kappa shape index (κ2) is 23.4. The maximum absolute atomic E-state index is 10.0. The number of nitriles is 6. The highest BCUT2D eigenvalue weighted by Crippen LogP contribution is 2.44. The lowest BCUT2D eigenvalue weighted by Crippen LogP contribution is -1.93. The number of H-pyrrole nitrogens is 4. The van der Waals surface area contributed by atoms with E-state index in [0.717, 1.165) is 88.8 Å². The third kappa shape index (κ3) is 9.97. The summed E-state index contributed by atoms with van der Waals surface area (Å²) >= 11 is 0. The molecule has 0 saturated heterocycles. The first kappa shape index (κ1) is 56.7. The van der Waals surface area contributed by atoms with Gasteiger partial charge in [0.05, 0.1) is 115 Å². The molecule has 96 heavy (non-hydrogen) atoms. The molecule has 0 aliphatic carbocycles. The fourth-order valence-corrected chi connectivity index (χ4v) is 13.0. The predicted octanol–water partition coefficient (Wildman–Crippen LogP) is 18.5. The van der Waals surface area contributed by atoms with Crippen molar-refractivity contribution in [1.82, 2.24) is 39.9 Å². The number of rotatable bonds is 7. The third-order valence-electron chi connectivity index (χ3n) is 17.6. The van der Waals surface area contributed by atoms with Crippen LogP contribution in [0.4, 0.5) is 0 Å². The van der Waals surface area contributed by atoms with Gasteiger partial charge < -0.3 is 19.9 Å². The van der Waals surface area contributed by atoms with Gasteiger partial charge in [0.2, 0.25) is 0 Å². The van der Waals surface area contributed by atoms with Crippen molar-refractivity contribution in [3.63, 3.8) is 0 Å². The molecular formula is C82H44N14. The van der Waals surface area contributed by atoms with E-state index in [0.29, 0.717) is 112 Å². The Hall–Kier alpha value is -14.5. The van der Waals surface area contributed by atoms with Crippen LogP contribution in [0.25, 0.3) is 171 Å². The number of benzene rings is 6. The van der Waals surface area contributed by atoms with Crippen molar-refractivity contribution in [3.05, 3.63) is 273 Å². The van der Waals surface area contributed by atoms with E-state index >= 15 is 0 Å². The largest absolute Gasteiger partial charge is 0.354 e. The van der Waals surface area contributed by atoms with E-state index in [-0.39, 0.29) is 0 Å². The normalized spacial score (nSPS) is 11.7. The van der Waals surface area contributed by atoms with Crippen LogP contribution >= 0.6 is 0 Å². The van der Waals surface area contributed by atoms with Crippen molar-refractivity contribution in [3.8, 4) is 114 Å². The van der Waals surface area contributed by atoms with Crippen molar-refractivity contribution < 1.29 is 0 Å². The van der Waals surface area contributed by atoms with E-state index in [1.807, 2.05) is 170 Å². The molecule has 14 nitrogen and oxygen atoms in total. The Morgan fingerprint density at radius 2 is 0.312 bits per heavy atom. The fourth-order valence-electron chi connectivity index (χ4n) is 13.0. The van der Waals surface area contributed by atoms with Crippen LogP contribution in [0.1, 0.15) is 78.9 Å². The van der Waals surface area contributed by atoms with Crippen LogP contribution < -0.4 is 0 Å². The standard InChI is InChI=1S/C82H44N14/c83-41-47-1-13-53(14-2-47)75-59-25-29-63(89-59)77(55-17-5-49(43-85)6-18-55)67-33-37-71(93-67)81(72-38-34-68(94-72)78(64-30-26-60(75)90-64)56-19-7-50(44-86)8-20-56)82-73-39-35-69(95-73)79(57-21-9-51(45-87)10-22-57)65-31-27-61(91-65)76(54-15-3-48(42-84)4-16-54)62-28-32-66(92-62)80(70-36-40-74(82)96-70)58-23-11-52(46-88)12-24-58/h1-40,89,91,94,96H. The van der Waals surface area contributed by atoms with Gasteiger partial charge in [0.15, 0.2) is 0 Å². The van der Waals surface area contributed by atoms with Gasteiger partial charge in [0, 0.05) is 88.6 Å².